The van der Waals surface area contributed by atoms with Crippen molar-refractivity contribution >= 4 is 46.8 Å². The highest BCUT2D eigenvalue weighted by Gasteiger charge is 2.26. The predicted molar refractivity (Wildman–Crippen MR) is 127 cm³/mol. The van der Waals surface area contributed by atoms with Gasteiger partial charge in [0.25, 0.3) is 0 Å². The summed E-state index contributed by atoms with van der Waals surface area (Å²) in [5.41, 5.74) is 1.23. The molecule has 0 bridgehead atoms. The van der Waals surface area contributed by atoms with E-state index < -0.39 is 11.9 Å². The topological polar surface area (TPSA) is 49.4 Å². The van der Waals surface area contributed by atoms with Crippen LogP contribution in [0.25, 0.3) is 0 Å². The Hall–Kier alpha value is -1.76. The molecule has 0 spiro atoms. The van der Waals surface area contributed by atoms with Crippen LogP contribution in [0.1, 0.15) is 31.9 Å². The lowest BCUT2D eigenvalue weighted by Gasteiger charge is -2.29. The quantitative estimate of drug-likeness (QED) is 0.480. The van der Waals surface area contributed by atoms with E-state index in [4.69, 9.17) is 23.2 Å². The standard InChI is InChI=1S/C23H27Cl2FN2O2S/c1-15(2)11-27-23(30)16(3)28(12-17-7-9-18(24)10-8-17)22(29)14-31-13-19-20(25)5-4-6-21(19)26/h4-10,15-16H,11-14H2,1-3H3,(H,27,30). The van der Waals surface area contributed by atoms with Gasteiger partial charge >= 0.3 is 0 Å². The van der Waals surface area contributed by atoms with E-state index in [-0.39, 0.29) is 29.9 Å². The number of nitrogens with zero attached hydrogens (tertiary/aromatic N) is 1. The number of benzene rings is 2. The fraction of sp³-hybridized carbons (Fsp3) is 0.391. The molecule has 2 aromatic rings. The van der Waals surface area contributed by atoms with Crippen molar-refractivity contribution in [1.29, 1.82) is 0 Å². The van der Waals surface area contributed by atoms with Crippen LogP contribution in [-0.2, 0) is 21.9 Å². The van der Waals surface area contributed by atoms with Gasteiger partial charge in [0.2, 0.25) is 11.8 Å². The second-order valence-corrected chi connectivity index (χ2v) is 9.49. The lowest BCUT2D eigenvalue weighted by Crippen LogP contribution is -2.48. The Morgan fingerprint density at radius 3 is 2.39 bits per heavy atom. The number of carbonyl (C=O) groups excluding carboxylic acids is 2. The molecule has 31 heavy (non-hydrogen) atoms. The van der Waals surface area contributed by atoms with Crippen molar-refractivity contribution in [3.63, 3.8) is 0 Å². The van der Waals surface area contributed by atoms with Crippen LogP contribution >= 0.6 is 35.0 Å². The first kappa shape index (κ1) is 25.5. The monoisotopic (exact) mass is 484 g/mol. The summed E-state index contributed by atoms with van der Waals surface area (Å²) in [5, 5.41) is 3.81. The molecule has 0 heterocycles. The van der Waals surface area contributed by atoms with Crippen LogP contribution in [-0.4, -0.2) is 35.1 Å². The lowest BCUT2D eigenvalue weighted by molar-refractivity contribution is -0.138. The largest absolute Gasteiger partial charge is 0.354 e. The summed E-state index contributed by atoms with van der Waals surface area (Å²) >= 11 is 13.3. The third-order valence-corrected chi connectivity index (χ3v) is 6.20. The van der Waals surface area contributed by atoms with Crippen LogP contribution in [0.4, 0.5) is 4.39 Å². The van der Waals surface area contributed by atoms with Gasteiger partial charge in [0, 0.05) is 34.5 Å². The zero-order valence-electron chi connectivity index (χ0n) is 17.8. The summed E-state index contributed by atoms with van der Waals surface area (Å²) in [7, 11) is 0. The molecule has 0 saturated carbocycles. The minimum atomic E-state index is -0.653. The molecule has 2 aromatic carbocycles. The van der Waals surface area contributed by atoms with Crippen molar-refractivity contribution in [2.24, 2.45) is 5.92 Å². The molecule has 0 aliphatic heterocycles. The highest BCUT2D eigenvalue weighted by molar-refractivity contribution is 7.99. The second kappa shape index (κ2) is 12.3. The Labute approximate surface area is 197 Å². The number of nitrogens with one attached hydrogen (secondary N) is 1. The fourth-order valence-corrected chi connectivity index (χ4v) is 4.19. The van der Waals surface area contributed by atoms with Gasteiger partial charge in [0.1, 0.15) is 11.9 Å². The molecule has 8 heteroatoms. The molecule has 0 aliphatic rings. The van der Waals surface area contributed by atoms with Crippen molar-refractivity contribution in [2.75, 3.05) is 12.3 Å². The van der Waals surface area contributed by atoms with Crippen LogP contribution in [0.2, 0.25) is 10.0 Å². The highest BCUT2D eigenvalue weighted by Crippen LogP contribution is 2.24. The van der Waals surface area contributed by atoms with Crippen LogP contribution in [0, 0.1) is 11.7 Å². The van der Waals surface area contributed by atoms with Gasteiger partial charge in [-0.05, 0) is 42.7 Å². The molecule has 0 aromatic heterocycles. The summed E-state index contributed by atoms with van der Waals surface area (Å²) in [6.07, 6.45) is 0. The maximum atomic E-state index is 14.0. The summed E-state index contributed by atoms with van der Waals surface area (Å²) < 4.78 is 14.0. The highest BCUT2D eigenvalue weighted by atomic mass is 35.5. The van der Waals surface area contributed by atoms with E-state index in [0.29, 0.717) is 28.1 Å². The normalized spacial score (nSPS) is 12.0. The summed E-state index contributed by atoms with van der Waals surface area (Å²) in [6.45, 7) is 6.53. The van der Waals surface area contributed by atoms with Gasteiger partial charge in [-0.25, -0.2) is 4.39 Å². The Morgan fingerprint density at radius 1 is 1.10 bits per heavy atom. The molecular weight excluding hydrogens is 458 g/mol. The van der Waals surface area contributed by atoms with E-state index in [1.165, 1.54) is 22.7 Å². The molecule has 2 rings (SSSR count). The van der Waals surface area contributed by atoms with E-state index in [1.807, 2.05) is 26.0 Å². The average Bonchev–Trinajstić information content (AvgIpc) is 2.73. The van der Waals surface area contributed by atoms with Crippen molar-refractivity contribution in [2.45, 2.75) is 39.1 Å². The molecule has 168 valence electrons. The first-order chi connectivity index (χ1) is 14.7. The van der Waals surface area contributed by atoms with E-state index >= 15 is 0 Å². The smallest absolute Gasteiger partial charge is 0.242 e. The van der Waals surface area contributed by atoms with Crippen molar-refractivity contribution in [3.05, 3.63) is 69.5 Å². The Balaban J connectivity index is 2.09. The number of rotatable bonds is 10. The van der Waals surface area contributed by atoms with Crippen LogP contribution < -0.4 is 5.32 Å². The van der Waals surface area contributed by atoms with Gasteiger partial charge in [0.15, 0.2) is 0 Å². The summed E-state index contributed by atoms with van der Waals surface area (Å²) in [5.74, 6) is -0.151. The maximum Gasteiger partial charge on any atom is 0.242 e. The second-order valence-electron chi connectivity index (χ2n) is 7.66. The average molecular weight is 485 g/mol. The molecule has 1 unspecified atom stereocenters. The fourth-order valence-electron chi connectivity index (χ4n) is 2.82. The first-order valence-electron chi connectivity index (χ1n) is 10.0. The molecule has 1 N–H and O–H groups in total. The van der Waals surface area contributed by atoms with E-state index in [0.717, 1.165) is 5.56 Å². The van der Waals surface area contributed by atoms with Gasteiger partial charge < -0.3 is 10.2 Å². The van der Waals surface area contributed by atoms with Gasteiger partial charge in [-0.2, -0.15) is 0 Å². The molecule has 0 radical (unpaired) electrons. The first-order valence-corrected chi connectivity index (χ1v) is 11.9. The van der Waals surface area contributed by atoms with Crippen LogP contribution in [0.3, 0.4) is 0 Å². The third-order valence-electron chi connectivity index (χ3n) is 4.65. The zero-order chi connectivity index (χ0) is 23.0. The van der Waals surface area contributed by atoms with E-state index in [2.05, 4.69) is 5.32 Å². The molecule has 4 nitrogen and oxygen atoms in total. The minimum Gasteiger partial charge on any atom is -0.354 e. The predicted octanol–water partition coefficient (Wildman–Crippen LogP) is 5.56. The van der Waals surface area contributed by atoms with E-state index in [1.54, 1.807) is 31.2 Å². The maximum absolute atomic E-state index is 14.0. The Bertz CT molecular complexity index is 873. The molecule has 0 saturated heterocycles. The molecule has 0 aliphatic carbocycles. The van der Waals surface area contributed by atoms with Crippen molar-refractivity contribution in [1.82, 2.24) is 10.2 Å². The van der Waals surface area contributed by atoms with Gasteiger partial charge in [0.05, 0.1) is 5.75 Å². The van der Waals surface area contributed by atoms with Crippen molar-refractivity contribution < 1.29 is 14.0 Å². The molecule has 0 fully saturated rings. The Kier molecular flexibility index (Phi) is 10.1. The summed E-state index contributed by atoms with van der Waals surface area (Å²) in [4.78, 5) is 27.2. The molecule has 2 amide bonds. The zero-order valence-corrected chi connectivity index (χ0v) is 20.2. The third kappa shape index (κ3) is 8.02. The number of thioether (sulfide) groups is 1. The number of carbonyl (C=O) groups is 2. The minimum absolute atomic E-state index is 0.0973. The SMILES string of the molecule is CC(C)CNC(=O)C(C)N(Cc1ccc(Cl)cc1)C(=O)CSCc1c(F)cccc1Cl. The van der Waals surface area contributed by atoms with Gasteiger partial charge in [-0.15, -0.1) is 11.8 Å². The number of amides is 2. The lowest BCUT2D eigenvalue weighted by atomic mass is 10.1. The number of hydrogen-bond acceptors (Lipinski definition) is 3. The van der Waals surface area contributed by atoms with E-state index in [9.17, 15) is 14.0 Å². The molecular formula is C23H27Cl2FN2O2S. The number of halogens is 3. The van der Waals surface area contributed by atoms with Gasteiger partial charge in [-0.1, -0.05) is 55.2 Å². The van der Waals surface area contributed by atoms with Crippen molar-refractivity contribution in [3.8, 4) is 0 Å². The Morgan fingerprint density at radius 2 is 1.77 bits per heavy atom. The van der Waals surface area contributed by atoms with Crippen LogP contribution in [0.5, 0.6) is 0 Å². The molecule has 1 atom stereocenters. The number of hydrogen-bond donors (Lipinski definition) is 1. The summed E-state index contributed by atoms with van der Waals surface area (Å²) in [6, 6.07) is 11.0. The van der Waals surface area contributed by atoms with Crippen LogP contribution in [0.15, 0.2) is 42.5 Å². The van der Waals surface area contributed by atoms with Gasteiger partial charge in [-0.3, -0.25) is 9.59 Å².